The van der Waals surface area contributed by atoms with Gasteiger partial charge < -0.3 is 24.2 Å². The Hall–Kier alpha value is -3.08. The van der Waals surface area contributed by atoms with Crippen LogP contribution in [-0.2, 0) is 42.2 Å². The number of aliphatic hydroxyl groups is 1. The number of phosphoric ester groups is 1. The fourth-order valence-electron chi connectivity index (χ4n) is 7.69. The minimum absolute atomic E-state index is 0.139. The summed E-state index contributed by atoms with van der Waals surface area (Å²) >= 11 is 0. The minimum Gasteiger partial charge on any atom is -0.462 e. The highest BCUT2D eigenvalue weighted by atomic mass is 31.2. The summed E-state index contributed by atoms with van der Waals surface area (Å²) in [6.07, 6.45) is 60.0. The van der Waals surface area contributed by atoms with Crippen molar-refractivity contribution in [3.63, 3.8) is 0 Å². The first-order valence-electron chi connectivity index (χ1n) is 28.8. The summed E-state index contributed by atoms with van der Waals surface area (Å²) in [6.45, 7) is 4.46. The smallest absolute Gasteiger partial charge is 0.462 e. The maximum absolute atomic E-state index is 12.9. The molecule has 0 saturated carbocycles. The monoisotopic (exact) mass is 1030 g/mol. The molecule has 0 aliphatic rings. The summed E-state index contributed by atoms with van der Waals surface area (Å²) in [7, 11) is -4.76. The van der Waals surface area contributed by atoms with Gasteiger partial charge in [0, 0.05) is 19.3 Å². The van der Waals surface area contributed by atoms with E-state index in [0.717, 1.165) is 116 Å². The van der Waals surface area contributed by atoms with E-state index >= 15 is 0 Å². The van der Waals surface area contributed by atoms with Crippen molar-refractivity contribution in [2.75, 3.05) is 26.4 Å². The van der Waals surface area contributed by atoms with E-state index in [9.17, 15) is 28.9 Å². The van der Waals surface area contributed by atoms with Gasteiger partial charge in [0.25, 0.3) is 0 Å². The third-order valence-corrected chi connectivity index (χ3v) is 13.0. The molecular formula is C60H105O11P. The SMILES string of the molecule is CC/C=C\C/C=C\C/C=C\CCCCCC(=O)OC(CO)COP(=O)(O)OCC(COC(=O)CCCCCCC/C=C\CCCCCCCC)OC(=O)CCCCCCCCC/C=C\C/C=C\CCCCC. The number of aliphatic hydroxyl groups excluding tert-OH is 1. The van der Waals surface area contributed by atoms with Crippen molar-refractivity contribution in [3.05, 3.63) is 72.9 Å². The minimum atomic E-state index is -4.76. The third kappa shape index (κ3) is 51.8. The lowest BCUT2D eigenvalue weighted by Crippen LogP contribution is -2.30. The van der Waals surface area contributed by atoms with Crippen molar-refractivity contribution in [3.8, 4) is 0 Å². The van der Waals surface area contributed by atoms with Crippen LogP contribution >= 0.6 is 7.82 Å². The predicted molar refractivity (Wildman–Crippen MR) is 298 cm³/mol. The van der Waals surface area contributed by atoms with E-state index in [1.54, 1.807) is 0 Å². The number of hydrogen-bond donors (Lipinski definition) is 2. The Morgan fingerprint density at radius 3 is 1.17 bits per heavy atom. The van der Waals surface area contributed by atoms with E-state index < -0.39 is 57.8 Å². The molecule has 0 aromatic rings. The largest absolute Gasteiger partial charge is 0.472 e. The zero-order valence-corrected chi connectivity index (χ0v) is 46.8. The molecule has 0 aliphatic heterocycles. The Morgan fingerprint density at radius 1 is 0.403 bits per heavy atom. The molecule has 11 nitrogen and oxygen atoms in total. The fraction of sp³-hybridized carbons (Fsp3) is 0.750. The number of carbonyl (C=O) groups excluding carboxylic acids is 3. The average Bonchev–Trinajstić information content (AvgIpc) is 3.37. The Kier molecular flexibility index (Phi) is 51.9. The van der Waals surface area contributed by atoms with Crippen molar-refractivity contribution >= 4 is 25.7 Å². The molecule has 0 rings (SSSR count). The number of rotatable bonds is 53. The van der Waals surface area contributed by atoms with Crippen LogP contribution in [0, 0.1) is 0 Å². The molecule has 0 aromatic heterocycles. The van der Waals surface area contributed by atoms with Crippen LogP contribution in [0.1, 0.15) is 252 Å². The lowest BCUT2D eigenvalue weighted by atomic mass is 10.1. The molecule has 0 bridgehead atoms. The average molecular weight is 1030 g/mol. The number of esters is 3. The van der Waals surface area contributed by atoms with Crippen molar-refractivity contribution in [1.29, 1.82) is 0 Å². The van der Waals surface area contributed by atoms with Gasteiger partial charge in [0.2, 0.25) is 0 Å². The first-order chi connectivity index (χ1) is 35.2. The summed E-state index contributed by atoms with van der Waals surface area (Å²) < 4.78 is 39.5. The molecule has 3 unspecified atom stereocenters. The second kappa shape index (κ2) is 54.2. The number of carbonyl (C=O) groups is 3. The number of unbranched alkanes of at least 4 members (excludes halogenated alkanes) is 24. The van der Waals surface area contributed by atoms with E-state index in [1.807, 2.05) is 0 Å². The van der Waals surface area contributed by atoms with E-state index in [0.29, 0.717) is 19.3 Å². The van der Waals surface area contributed by atoms with Gasteiger partial charge in [0.1, 0.15) is 12.7 Å². The van der Waals surface area contributed by atoms with Crippen LogP contribution in [0.5, 0.6) is 0 Å². The molecule has 72 heavy (non-hydrogen) atoms. The first-order valence-corrected chi connectivity index (χ1v) is 30.3. The highest BCUT2D eigenvalue weighted by molar-refractivity contribution is 7.47. The Labute approximate surface area is 439 Å². The predicted octanol–water partition coefficient (Wildman–Crippen LogP) is 16.9. The fourth-order valence-corrected chi connectivity index (χ4v) is 8.47. The molecule has 12 heteroatoms. The number of phosphoric acid groups is 1. The van der Waals surface area contributed by atoms with Crippen LogP contribution in [0.3, 0.4) is 0 Å². The molecule has 0 heterocycles. The molecule has 2 N–H and O–H groups in total. The molecule has 0 spiro atoms. The topological polar surface area (TPSA) is 155 Å². The summed E-state index contributed by atoms with van der Waals surface area (Å²) in [5.41, 5.74) is 0. The summed E-state index contributed by atoms with van der Waals surface area (Å²) in [4.78, 5) is 48.5. The molecule has 0 fully saturated rings. The highest BCUT2D eigenvalue weighted by Crippen LogP contribution is 2.43. The lowest BCUT2D eigenvalue weighted by Gasteiger charge is -2.21. The van der Waals surface area contributed by atoms with Gasteiger partial charge in [-0.3, -0.25) is 23.4 Å². The van der Waals surface area contributed by atoms with E-state index in [4.69, 9.17) is 23.3 Å². The second-order valence-electron chi connectivity index (χ2n) is 19.1. The molecule has 0 aromatic carbocycles. The van der Waals surface area contributed by atoms with E-state index in [2.05, 4.69) is 93.7 Å². The van der Waals surface area contributed by atoms with Crippen LogP contribution < -0.4 is 0 Å². The molecule has 3 atom stereocenters. The van der Waals surface area contributed by atoms with Gasteiger partial charge >= 0.3 is 25.7 Å². The third-order valence-electron chi connectivity index (χ3n) is 12.1. The van der Waals surface area contributed by atoms with Gasteiger partial charge in [-0.25, -0.2) is 4.57 Å². The lowest BCUT2D eigenvalue weighted by molar-refractivity contribution is -0.161. The van der Waals surface area contributed by atoms with E-state index in [1.165, 1.54) is 77.0 Å². The summed E-state index contributed by atoms with van der Waals surface area (Å²) in [5, 5.41) is 9.80. The maximum atomic E-state index is 12.9. The standard InChI is InChI=1S/C60H105O11P/c1-4-7-10-13-16-19-22-25-27-28-30-33-36-39-42-45-48-51-60(64)71-57(53-67-58(62)49-46-43-40-37-34-32-29-26-23-20-17-14-11-8-5-2)55-69-72(65,66)68-54-56(52-61)70-59(63)50-47-44-41-38-35-31-24-21-18-15-12-9-6-3/h9,12,16,18-19,21,25-27,29,31,35,56-57,61H,4-8,10-11,13-15,17,20,22-24,28,30,32-34,36-55H2,1-3H3,(H,65,66)/b12-9-,19-16-,21-18-,27-25-,29-26-,35-31-. The Morgan fingerprint density at radius 2 is 0.722 bits per heavy atom. The van der Waals surface area contributed by atoms with Crippen LogP contribution in [0.2, 0.25) is 0 Å². The highest BCUT2D eigenvalue weighted by Gasteiger charge is 2.28. The molecule has 0 aliphatic carbocycles. The van der Waals surface area contributed by atoms with Crippen molar-refractivity contribution in [1.82, 2.24) is 0 Å². The molecular weight excluding hydrogens is 928 g/mol. The molecule has 0 saturated heterocycles. The van der Waals surface area contributed by atoms with Crippen molar-refractivity contribution in [2.45, 2.75) is 264 Å². The first kappa shape index (κ1) is 68.9. The maximum Gasteiger partial charge on any atom is 0.472 e. The van der Waals surface area contributed by atoms with Crippen LogP contribution in [0.15, 0.2) is 72.9 Å². The van der Waals surface area contributed by atoms with Gasteiger partial charge in [0.05, 0.1) is 19.8 Å². The summed E-state index contributed by atoms with van der Waals surface area (Å²) in [6, 6.07) is 0. The van der Waals surface area contributed by atoms with Crippen LogP contribution in [-0.4, -0.2) is 66.5 Å². The van der Waals surface area contributed by atoms with Gasteiger partial charge in [-0.15, -0.1) is 0 Å². The van der Waals surface area contributed by atoms with Crippen LogP contribution in [0.4, 0.5) is 0 Å². The molecule has 0 amide bonds. The van der Waals surface area contributed by atoms with Gasteiger partial charge in [-0.05, 0) is 109 Å². The zero-order valence-electron chi connectivity index (χ0n) is 45.9. The Bertz CT molecular complexity index is 1490. The quantitative estimate of drug-likeness (QED) is 0.0197. The number of allylic oxidation sites excluding steroid dienone is 12. The van der Waals surface area contributed by atoms with Gasteiger partial charge in [0.15, 0.2) is 6.10 Å². The van der Waals surface area contributed by atoms with Crippen LogP contribution in [0.25, 0.3) is 0 Å². The van der Waals surface area contributed by atoms with Crippen molar-refractivity contribution < 1.29 is 52.2 Å². The number of hydrogen-bond acceptors (Lipinski definition) is 10. The van der Waals surface area contributed by atoms with Gasteiger partial charge in [-0.1, -0.05) is 196 Å². The molecule has 416 valence electrons. The normalized spacial score (nSPS) is 13.9. The zero-order chi connectivity index (χ0) is 52.7. The van der Waals surface area contributed by atoms with E-state index in [-0.39, 0.29) is 25.9 Å². The Balaban J connectivity index is 4.78. The molecule has 0 radical (unpaired) electrons. The van der Waals surface area contributed by atoms with Crippen molar-refractivity contribution in [2.24, 2.45) is 0 Å². The van der Waals surface area contributed by atoms with Gasteiger partial charge in [-0.2, -0.15) is 0 Å². The second-order valence-corrected chi connectivity index (χ2v) is 20.5. The summed E-state index contributed by atoms with van der Waals surface area (Å²) in [5.74, 6) is -1.51. The number of ether oxygens (including phenoxy) is 3.